The Morgan fingerprint density at radius 2 is 2.25 bits per heavy atom. The van der Waals surface area contributed by atoms with Crippen LogP contribution in [0, 0.1) is 11.3 Å². The fraction of sp³-hybridized carbons (Fsp3) is 0.381. The van der Waals surface area contributed by atoms with Gasteiger partial charge in [0.05, 0.1) is 11.7 Å². The van der Waals surface area contributed by atoms with Crippen molar-refractivity contribution in [1.29, 1.82) is 5.41 Å². The van der Waals surface area contributed by atoms with E-state index in [1.54, 1.807) is 6.20 Å². The summed E-state index contributed by atoms with van der Waals surface area (Å²) in [4.78, 5) is 11.7. The minimum atomic E-state index is -0.116. The number of allylic oxidation sites excluding steroid dienone is 1. The SMILES string of the molecule is C=C(C(=N)Nc1ccc2[nH]ncc2c1)C1=CCC(CNC(=O)NC(C)C)CC1. The van der Waals surface area contributed by atoms with E-state index < -0.39 is 0 Å². The molecule has 1 aromatic carbocycles. The number of rotatable bonds is 6. The molecular weight excluding hydrogens is 352 g/mol. The van der Waals surface area contributed by atoms with Crippen molar-refractivity contribution in [3.05, 3.63) is 48.2 Å². The molecule has 1 aliphatic rings. The van der Waals surface area contributed by atoms with E-state index in [0.717, 1.165) is 47.0 Å². The smallest absolute Gasteiger partial charge is 0.314 e. The molecule has 1 aliphatic carbocycles. The molecule has 7 nitrogen and oxygen atoms in total. The van der Waals surface area contributed by atoms with E-state index in [-0.39, 0.29) is 12.1 Å². The highest BCUT2D eigenvalue weighted by atomic mass is 16.2. The Kier molecular flexibility index (Phi) is 6.13. The third kappa shape index (κ3) is 5.00. The number of nitrogens with one attached hydrogen (secondary N) is 5. The van der Waals surface area contributed by atoms with Crippen LogP contribution in [0.2, 0.25) is 0 Å². The second kappa shape index (κ2) is 8.73. The molecule has 0 fully saturated rings. The maximum atomic E-state index is 11.7. The fourth-order valence-electron chi connectivity index (χ4n) is 3.30. The number of nitrogens with zero attached hydrogens (tertiary/aromatic N) is 1. The number of hydrogen-bond donors (Lipinski definition) is 5. The number of amides is 2. The standard InChI is InChI=1S/C21H28N6O/c1-13(2)25-21(28)23-11-15-4-6-16(7-5-15)14(3)20(22)26-18-8-9-19-17(10-18)12-24-27-19/h6,8-10,12-13,15H,3-5,7,11H2,1-2H3,(H2,22,26)(H,24,27)(H2,23,25,28). The van der Waals surface area contributed by atoms with Crippen molar-refractivity contribution < 1.29 is 4.79 Å². The number of H-pyrrole nitrogens is 1. The van der Waals surface area contributed by atoms with Crippen molar-refractivity contribution in [2.75, 3.05) is 11.9 Å². The second-order valence-electron chi connectivity index (χ2n) is 7.53. The van der Waals surface area contributed by atoms with Crippen molar-refractivity contribution in [2.45, 2.75) is 39.2 Å². The van der Waals surface area contributed by atoms with Crippen LogP contribution in [0.1, 0.15) is 33.1 Å². The van der Waals surface area contributed by atoms with E-state index in [4.69, 9.17) is 5.41 Å². The predicted octanol–water partition coefficient (Wildman–Crippen LogP) is 3.94. The first-order chi connectivity index (χ1) is 13.4. The molecule has 0 aliphatic heterocycles. The highest BCUT2D eigenvalue weighted by Gasteiger charge is 2.18. The Balaban J connectivity index is 1.51. The summed E-state index contributed by atoms with van der Waals surface area (Å²) >= 11 is 0. The number of urea groups is 1. The van der Waals surface area contributed by atoms with Crippen LogP contribution in [-0.2, 0) is 0 Å². The first-order valence-corrected chi connectivity index (χ1v) is 9.64. The van der Waals surface area contributed by atoms with Gasteiger partial charge >= 0.3 is 6.03 Å². The Morgan fingerprint density at radius 3 is 2.96 bits per heavy atom. The van der Waals surface area contributed by atoms with Crippen molar-refractivity contribution in [3.63, 3.8) is 0 Å². The van der Waals surface area contributed by atoms with E-state index in [0.29, 0.717) is 18.3 Å². The van der Waals surface area contributed by atoms with Gasteiger partial charge in [-0.1, -0.05) is 12.7 Å². The number of aromatic amines is 1. The van der Waals surface area contributed by atoms with Crippen LogP contribution in [0.3, 0.4) is 0 Å². The molecule has 0 saturated heterocycles. The lowest BCUT2D eigenvalue weighted by Gasteiger charge is -2.24. The zero-order valence-corrected chi connectivity index (χ0v) is 16.4. The average Bonchev–Trinajstić information content (AvgIpc) is 3.13. The Morgan fingerprint density at radius 1 is 1.43 bits per heavy atom. The van der Waals surface area contributed by atoms with Gasteiger partial charge in [-0.15, -0.1) is 0 Å². The van der Waals surface area contributed by atoms with Gasteiger partial charge in [-0.3, -0.25) is 10.5 Å². The van der Waals surface area contributed by atoms with E-state index in [1.807, 2.05) is 32.0 Å². The number of benzene rings is 1. The summed E-state index contributed by atoms with van der Waals surface area (Å²) in [7, 11) is 0. The third-order valence-corrected chi connectivity index (χ3v) is 4.89. The third-order valence-electron chi connectivity index (χ3n) is 4.89. The van der Waals surface area contributed by atoms with Crippen LogP contribution in [0.4, 0.5) is 10.5 Å². The largest absolute Gasteiger partial charge is 0.340 e. The van der Waals surface area contributed by atoms with Crippen LogP contribution >= 0.6 is 0 Å². The molecule has 2 amide bonds. The summed E-state index contributed by atoms with van der Waals surface area (Å²) < 4.78 is 0. The molecule has 1 atom stereocenters. The highest BCUT2D eigenvalue weighted by Crippen LogP contribution is 2.28. The minimum absolute atomic E-state index is 0.116. The normalized spacial score (nSPS) is 16.5. The average molecular weight is 380 g/mol. The van der Waals surface area contributed by atoms with Crippen LogP contribution in [0.25, 0.3) is 10.9 Å². The summed E-state index contributed by atoms with van der Waals surface area (Å²) in [5.74, 6) is 0.724. The number of amidine groups is 1. The van der Waals surface area contributed by atoms with Gasteiger partial charge in [-0.05, 0) is 62.8 Å². The van der Waals surface area contributed by atoms with Crippen LogP contribution < -0.4 is 16.0 Å². The number of anilines is 1. The van der Waals surface area contributed by atoms with Gasteiger partial charge in [-0.2, -0.15) is 5.10 Å². The summed E-state index contributed by atoms with van der Waals surface area (Å²) in [5, 5.41) is 25.2. The van der Waals surface area contributed by atoms with Gasteiger partial charge in [0.15, 0.2) is 0 Å². The maximum Gasteiger partial charge on any atom is 0.314 e. The Labute approximate surface area is 165 Å². The lowest BCUT2D eigenvalue weighted by atomic mass is 9.86. The summed E-state index contributed by atoms with van der Waals surface area (Å²) in [6.07, 6.45) is 6.62. The molecule has 0 saturated carbocycles. The monoisotopic (exact) mass is 380 g/mol. The lowest BCUT2D eigenvalue weighted by molar-refractivity contribution is 0.236. The number of fused-ring (bicyclic) bond motifs is 1. The highest BCUT2D eigenvalue weighted by molar-refractivity contribution is 6.09. The molecule has 0 spiro atoms. The van der Waals surface area contributed by atoms with E-state index in [2.05, 4.69) is 38.8 Å². The molecule has 1 heterocycles. The fourth-order valence-corrected chi connectivity index (χ4v) is 3.30. The van der Waals surface area contributed by atoms with Crippen LogP contribution in [-0.4, -0.2) is 34.7 Å². The lowest BCUT2D eigenvalue weighted by Crippen LogP contribution is -2.41. The van der Waals surface area contributed by atoms with Gasteiger partial charge in [0.25, 0.3) is 0 Å². The van der Waals surface area contributed by atoms with Gasteiger partial charge in [0.2, 0.25) is 0 Å². The Bertz CT molecular complexity index is 911. The van der Waals surface area contributed by atoms with Crippen LogP contribution in [0.5, 0.6) is 0 Å². The molecule has 1 unspecified atom stereocenters. The quantitative estimate of drug-likeness (QED) is 0.387. The molecule has 3 rings (SSSR count). The molecule has 5 N–H and O–H groups in total. The zero-order valence-electron chi connectivity index (χ0n) is 16.4. The first-order valence-electron chi connectivity index (χ1n) is 9.64. The topological polar surface area (TPSA) is 106 Å². The predicted molar refractivity (Wildman–Crippen MR) is 114 cm³/mol. The molecule has 148 valence electrons. The van der Waals surface area contributed by atoms with E-state index in [9.17, 15) is 4.79 Å². The van der Waals surface area contributed by atoms with Crippen molar-refractivity contribution in [2.24, 2.45) is 5.92 Å². The molecule has 1 aromatic heterocycles. The molecule has 2 aromatic rings. The molecule has 28 heavy (non-hydrogen) atoms. The molecule has 0 radical (unpaired) electrons. The minimum Gasteiger partial charge on any atom is -0.340 e. The number of carbonyl (C=O) groups is 1. The summed E-state index contributed by atoms with van der Waals surface area (Å²) in [6.45, 7) is 8.65. The number of aromatic nitrogens is 2. The summed E-state index contributed by atoms with van der Waals surface area (Å²) in [5.41, 5.74) is 3.63. The van der Waals surface area contributed by atoms with Crippen molar-refractivity contribution in [3.8, 4) is 0 Å². The summed E-state index contributed by atoms with van der Waals surface area (Å²) in [6, 6.07) is 5.83. The van der Waals surface area contributed by atoms with Gasteiger partial charge in [0.1, 0.15) is 5.84 Å². The Hall–Kier alpha value is -3.09. The maximum absolute atomic E-state index is 11.7. The zero-order chi connectivity index (χ0) is 20.1. The van der Waals surface area contributed by atoms with E-state index in [1.165, 1.54) is 0 Å². The number of carbonyl (C=O) groups excluding carboxylic acids is 1. The van der Waals surface area contributed by atoms with Gasteiger partial charge in [-0.25, -0.2) is 4.79 Å². The first kappa shape index (κ1) is 19.7. The van der Waals surface area contributed by atoms with Gasteiger partial charge in [0, 0.05) is 29.2 Å². The second-order valence-corrected chi connectivity index (χ2v) is 7.53. The number of hydrogen-bond acceptors (Lipinski definition) is 3. The van der Waals surface area contributed by atoms with Crippen molar-refractivity contribution in [1.82, 2.24) is 20.8 Å². The van der Waals surface area contributed by atoms with Crippen molar-refractivity contribution >= 4 is 28.5 Å². The van der Waals surface area contributed by atoms with Gasteiger partial charge < -0.3 is 16.0 Å². The molecular formula is C21H28N6O. The van der Waals surface area contributed by atoms with E-state index >= 15 is 0 Å². The molecule has 0 bridgehead atoms. The molecule has 7 heteroatoms. The van der Waals surface area contributed by atoms with Crippen LogP contribution in [0.15, 0.2) is 48.2 Å².